The minimum Gasteiger partial charge on any atom is -0.377 e. The summed E-state index contributed by atoms with van der Waals surface area (Å²) in [7, 11) is 0. The topological polar surface area (TPSA) is 12.5 Å². The molecule has 0 amide bonds. The lowest BCUT2D eigenvalue weighted by Gasteiger charge is -2.25. The molecule has 0 saturated carbocycles. The van der Waals surface area contributed by atoms with Crippen LogP contribution in [0.15, 0.2) is 42.5 Å². The van der Waals surface area contributed by atoms with Gasteiger partial charge in [0.15, 0.2) is 11.6 Å². The lowest BCUT2D eigenvalue weighted by molar-refractivity contribution is 0.0678. The van der Waals surface area contributed by atoms with Crippen LogP contribution in [0.2, 0.25) is 0 Å². The Morgan fingerprint density at radius 1 is 1.04 bits per heavy atom. The molecule has 0 aliphatic carbocycles. The molecule has 2 nitrogen and oxygen atoms in total. The van der Waals surface area contributed by atoms with E-state index in [0.29, 0.717) is 6.54 Å². The standard InChI is InChI=1S/C20H23F2NO/c1-15-4-2-5-16(10-15)12-23(14-18-6-3-9-24-18)13-17-7-8-19(21)20(22)11-17/h2,4-5,7-8,10-11,18H,3,6,9,12-14H2,1H3. The van der Waals surface area contributed by atoms with Crippen molar-refractivity contribution in [1.82, 2.24) is 4.90 Å². The molecule has 0 radical (unpaired) electrons. The van der Waals surface area contributed by atoms with Gasteiger partial charge in [0.1, 0.15) is 0 Å². The number of benzene rings is 2. The van der Waals surface area contributed by atoms with E-state index < -0.39 is 11.6 Å². The third-order valence-corrected chi connectivity index (χ3v) is 4.36. The largest absolute Gasteiger partial charge is 0.377 e. The Hall–Kier alpha value is -1.78. The Balaban J connectivity index is 1.74. The first-order chi connectivity index (χ1) is 11.6. The molecule has 1 heterocycles. The minimum atomic E-state index is -0.803. The fraction of sp³-hybridized carbons (Fsp3) is 0.400. The summed E-state index contributed by atoms with van der Waals surface area (Å²) in [6.07, 6.45) is 2.37. The average molecular weight is 331 g/mol. The lowest BCUT2D eigenvalue weighted by Crippen LogP contribution is -2.31. The van der Waals surface area contributed by atoms with Crippen molar-refractivity contribution in [2.24, 2.45) is 0 Å². The second kappa shape index (κ2) is 7.86. The van der Waals surface area contributed by atoms with Gasteiger partial charge in [-0.1, -0.05) is 35.9 Å². The molecule has 0 aromatic heterocycles. The summed E-state index contributed by atoms with van der Waals surface area (Å²) in [6.45, 7) is 5.02. The molecule has 0 bridgehead atoms. The molecule has 128 valence electrons. The van der Waals surface area contributed by atoms with Gasteiger partial charge < -0.3 is 4.74 Å². The molecule has 1 atom stereocenters. The van der Waals surface area contributed by atoms with E-state index in [9.17, 15) is 8.78 Å². The predicted octanol–water partition coefficient (Wildman–Crippen LogP) is 4.45. The van der Waals surface area contributed by atoms with Gasteiger partial charge in [0, 0.05) is 26.2 Å². The second-order valence-electron chi connectivity index (χ2n) is 6.54. The summed E-state index contributed by atoms with van der Waals surface area (Å²) in [5.41, 5.74) is 3.22. The van der Waals surface area contributed by atoms with Crippen LogP contribution in [-0.2, 0) is 17.8 Å². The molecule has 24 heavy (non-hydrogen) atoms. The highest BCUT2D eigenvalue weighted by atomic mass is 19.2. The molecule has 1 aliphatic rings. The van der Waals surface area contributed by atoms with E-state index in [1.165, 1.54) is 23.3 Å². The first-order valence-corrected chi connectivity index (χ1v) is 8.43. The van der Waals surface area contributed by atoms with E-state index in [2.05, 4.69) is 30.0 Å². The van der Waals surface area contributed by atoms with Crippen molar-refractivity contribution in [1.29, 1.82) is 0 Å². The molecule has 3 rings (SSSR count). The summed E-state index contributed by atoms with van der Waals surface area (Å²) in [4.78, 5) is 2.25. The highest BCUT2D eigenvalue weighted by molar-refractivity contribution is 5.23. The number of aryl methyl sites for hydroxylation is 1. The van der Waals surface area contributed by atoms with Crippen LogP contribution in [0.1, 0.15) is 29.5 Å². The van der Waals surface area contributed by atoms with Crippen LogP contribution in [0.3, 0.4) is 0 Å². The number of rotatable bonds is 6. The van der Waals surface area contributed by atoms with Gasteiger partial charge in [0.25, 0.3) is 0 Å². The smallest absolute Gasteiger partial charge is 0.159 e. The summed E-state index contributed by atoms with van der Waals surface area (Å²) >= 11 is 0. The molecule has 2 aromatic rings. The zero-order chi connectivity index (χ0) is 16.9. The minimum absolute atomic E-state index is 0.222. The lowest BCUT2D eigenvalue weighted by atomic mass is 10.1. The molecule has 1 fully saturated rings. The van der Waals surface area contributed by atoms with E-state index >= 15 is 0 Å². The Morgan fingerprint density at radius 2 is 1.83 bits per heavy atom. The highest BCUT2D eigenvalue weighted by Gasteiger charge is 2.20. The maximum absolute atomic E-state index is 13.5. The summed E-state index contributed by atoms with van der Waals surface area (Å²) < 4.78 is 32.4. The summed E-state index contributed by atoms with van der Waals surface area (Å²) in [6, 6.07) is 12.5. The van der Waals surface area contributed by atoms with Gasteiger partial charge in [0.05, 0.1) is 6.10 Å². The molecular weight excluding hydrogens is 308 g/mol. The quantitative estimate of drug-likeness (QED) is 0.775. The van der Waals surface area contributed by atoms with Crippen molar-refractivity contribution in [3.05, 3.63) is 70.8 Å². The number of hydrogen-bond acceptors (Lipinski definition) is 2. The van der Waals surface area contributed by atoms with Crippen LogP contribution < -0.4 is 0 Å². The maximum Gasteiger partial charge on any atom is 0.159 e. The van der Waals surface area contributed by atoms with Gasteiger partial charge in [0.2, 0.25) is 0 Å². The Kier molecular flexibility index (Phi) is 5.59. The van der Waals surface area contributed by atoms with E-state index in [-0.39, 0.29) is 6.10 Å². The van der Waals surface area contributed by atoms with Crippen molar-refractivity contribution in [2.45, 2.75) is 39.0 Å². The number of hydrogen-bond donors (Lipinski definition) is 0. The fourth-order valence-electron chi connectivity index (χ4n) is 3.23. The maximum atomic E-state index is 13.5. The predicted molar refractivity (Wildman–Crippen MR) is 90.6 cm³/mol. The zero-order valence-corrected chi connectivity index (χ0v) is 14.0. The summed E-state index contributed by atoms with van der Waals surface area (Å²) in [5.74, 6) is -1.59. The molecule has 4 heteroatoms. The molecule has 0 spiro atoms. The third-order valence-electron chi connectivity index (χ3n) is 4.36. The fourth-order valence-corrected chi connectivity index (χ4v) is 3.23. The summed E-state index contributed by atoms with van der Waals surface area (Å²) in [5, 5.41) is 0. The van der Waals surface area contributed by atoms with Gasteiger partial charge >= 0.3 is 0 Å². The molecular formula is C20H23F2NO. The van der Waals surface area contributed by atoms with Gasteiger partial charge in [-0.3, -0.25) is 4.90 Å². The van der Waals surface area contributed by atoms with Gasteiger partial charge in [-0.15, -0.1) is 0 Å². The zero-order valence-electron chi connectivity index (χ0n) is 14.0. The number of nitrogens with zero attached hydrogens (tertiary/aromatic N) is 1. The molecule has 1 aliphatic heterocycles. The number of ether oxygens (including phenoxy) is 1. The Bertz CT molecular complexity index is 683. The Labute approximate surface area is 142 Å². The van der Waals surface area contributed by atoms with Crippen molar-refractivity contribution in [3.8, 4) is 0 Å². The van der Waals surface area contributed by atoms with Gasteiger partial charge in [-0.05, 0) is 43.0 Å². The van der Waals surface area contributed by atoms with Gasteiger partial charge in [-0.25, -0.2) is 8.78 Å². The van der Waals surface area contributed by atoms with Crippen LogP contribution >= 0.6 is 0 Å². The molecule has 1 saturated heterocycles. The molecule has 0 N–H and O–H groups in total. The monoisotopic (exact) mass is 331 g/mol. The van der Waals surface area contributed by atoms with E-state index in [1.54, 1.807) is 6.07 Å². The second-order valence-corrected chi connectivity index (χ2v) is 6.54. The van der Waals surface area contributed by atoms with E-state index in [4.69, 9.17) is 4.74 Å². The molecule has 2 aromatic carbocycles. The number of halogens is 2. The van der Waals surface area contributed by atoms with E-state index in [0.717, 1.165) is 38.1 Å². The Morgan fingerprint density at radius 3 is 2.50 bits per heavy atom. The van der Waals surface area contributed by atoms with Gasteiger partial charge in [-0.2, -0.15) is 0 Å². The van der Waals surface area contributed by atoms with Crippen LogP contribution in [0.5, 0.6) is 0 Å². The van der Waals surface area contributed by atoms with Crippen LogP contribution in [0.25, 0.3) is 0 Å². The van der Waals surface area contributed by atoms with Crippen LogP contribution in [-0.4, -0.2) is 24.2 Å². The highest BCUT2D eigenvalue weighted by Crippen LogP contribution is 2.18. The third kappa shape index (κ3) is 4.62. The van der Waals surface area contributed by atoms with E-state index in [1.807, 2.05) is 6.07 Å². The van der Waals surface area contributed by atoms with Crippen molar-refractivity contribution in [2.75, 3.05) is 13.2 Å². The normalized spacial score (nSPS) is 17.6. The van der Waals surface area contributed by atoms with Crippen molar-refractivity contribution in [3.63, 3.8) is 0 Å². The van der Waals surface area contributed by atoms with Crippen molar-refractivity contribution >= 4 is 0 Å². The first kappa shape index (κ1) is 17.1. The van der Waals surface area contributed by atoms with Crippen LogP contribution in [0.4, 0.5) is 8.78 Å². The van der Waals surface area contributed by atoms with Crippen molar-refractivity contribution < 1.29 is 13.5 Å². The SMILES string of the molecule is Cc1cccc(CN(Cc2ccc(F)c(F)c2)CC2CCCO2)c1. The first-order valence-electron chi connectivity index (χ1n) is 8.43. The molecule has 1 unspecified atom stereocenters. The average Bonchev–Trinajstić information content (AvgIpc) is 3.04. The van der Waals surface area contributed by atoms with Crippen LogP contribution in [0, 0.1) is 18.6 Å².